The van der Waals surface area contributed by atoms with Crippen molar-refractivity contribution < 1.29 is 4.21 Å². The third-order valence-electron chi connectivity index (χ3n) is 0.0829. The highest BCUT2D eigenvalue weighted by atomic mass is 32.2. The number of nitrogens with one attached hydrogen (secondary N) is 1. The Morgan fingerprint density at radius 1 is 2.00 bits per heavy atom. The molecule has 0 heterocycles. The van der Waals surface area contributed by atoms with Gasteiger partial charge in [-0.1, -0.05) is 10.6 Å². The fourth-order valence-corrected chi connectivity index (χ4v) is 0. The molecule has 0 spiro atoms. The third kappa shape index (κ3) is 3.44. The SMILES string of the molecule is N#C[S-](=N)=O. The molecule has 0 aliphatic carbocycles. The lowest BCUT2D eigenvalue weighted by Crippen LogP contribution is -1.48. The van der Waals surface area contributed by atoms with Crippen LogP contribution in [0.5, 0.6) is 0 Å². The lowest BCUT2D eigenvalue weighted by molar-refractivity contribution is 0.603. The molecule has 28 valence electrons. The van der Waals surface area contributed by atoms with Crippen molar-refractivity contribution in [1.29, 1.82) is 10.0 Å². The van der Waals surface area contributed by atoms with E-state index in [2.05, 4.69) is 0 Å². The van der Waals surface area contributed by atoms with Crippen LogP contribution in [0.2, 0.25) is 0 Å². The Morgan fingerprint density at radius 2 is 2.20 bits per heavy atom. The van der Waals surface area contributed by atoms with E-state index in [4.69, 9.17) is 10.0 Å². The second-order valence-corrected chi connectivity index (χ2v) is 1.08. The monoisotopic (exact) mass is 89.0 g/mol. The van der Waals surface area contributed by atoms with E-state index in [1.165, 1.54) is 5.40 Å². The molecule has 0 aromatic heterocycles. The van der Waals surface area contributed by atoms with Gasteiger partial charge in [0.15, 0.2) is 0 Å². The van der Waals surface area contributed by atoms with Crippen LogP contribution in [0.3, 0.4) is 0 Å². The van der Waals surface area contributed by atoms with Gasteiger partial charge in [-0.25, -0.2) is 5.26 Å². The lowest BCUT2D eigenvalue weighted by Gasteiger charge is -1.63. The predicted molar refractivity (Wildman–Crippen MR) is 16.4 cm³/mol. The molecule has 3 nitrogen and oxygen atoms in total. The molecule has 0 radical (unpaired) electrons. The minimum atomic E-state index is -2.02. The van der Waals surface area contributed by atoms with Crippen LogP contribution in [0, 0.1) is 15.4 Å². The zero-order chi connectivity index (χ0) is 4.28. The summed E-state index contributed by atoms with van der Waals surface area (Å²) in [4.78, 5) is 0. The average Bonchev–Trinajstić information content (AvgIpc) is 1.38. The minimum absolute atomic E-state index is 1.17. The summed E-state index contributed by atoms with van der Waals surface area (Å²) in [6.07, 6.45) is 0. The van der Waals surface area contributed by atoms with E-state index in [1.54, 1.807) is 0 Å². The topological polar surface area (TPSA) is 64.7 Å². The second-order valence-electron chi connectivity index (χ2n) is 0.360. The highest BCUT2D eigenvalue weighted by Gasteiger charge is 1.35. The molecule has 1 N–H and O–H groups in total. The molecule has 0 saturated heterocycles. The molecular weight excluding hydrogens is 88.1 g/mol. The number of nitrogens with zero attached hydrogens (tertiary/aromatic N) is 1. The van der Waals surface area contributed by atoms with Crippen LogP contribution in [-0.2, 0) is 14.8 Å². The Kier molecular flexibility index (Phi) is 1.54. The molecule has 0 amide bonds. The highest BCUT2D eigenvalue weighted by molar-refractivity contribution is 7.78. The molecule has 0 aromatic rings. The summed E-state index contributed by atoms with van der Waals surface area (Å²) in [5.41, 5.74) is 0. The van der Waals surface area contributed by atoms with Crippen LogP contribution in [0.25, 0.3) is 0 Å². The molecule has 0 rings (SSSR count). The van der Waals surface area contributed by atoms with Crippen LogP contribution in [0.15, 0.2) is 0 Å². The highest BCUT2D eigenvalue weighted by Crippen LogP contribution is 1.48. The number of thiocyanates is 1. The average molecular weight is 89.1 g/mol. The van der Waals surface area contributed by atoms with Gasteiger partial charge in [-0.3, -0.25) is 0 Å². The van der Waals surface area contributed by atoms with Gasteiger partial charge in [0.05, 0.1) is 0 Å². The summed E-state index contributed by atoms with van der Waals surface area (Å²) in [6.45, 7) is 0. The van der Waals surface area contributed by atoms with Gasteiger partial charge in [0.25, 0.3) is 0 Å². The molecule has 5 heavy (non-hydrogen) atoms. The number of hydrogen-bond acceptors (Lipinski definition) is 4. The van der Waals surface area contributed by atoms with E-state index in [0.717, 1.165) is 0 Å². The Morgan fingerprint density at radius 3 is 2.20 bits per heavy atom. The quantitative estimate of drug-likeness (QED) is 0.340. The van der Waals surface area contributed by atoms with Crippen LogP contribution in [-0.4, -0.2) is 0 Å². The molecule has 0 saturated carbocycles. The third-order valence-corrected chi connectivity index (χ3v) is 0.249. The summed E-state index contributed by atoms with van der Waals surface area (Å²) in [7, 11) is -2.02. The smallest absolute Gasteiger partial charge is 0.00350 e. The summed E-state index contributed by atoms with van der Waals surface area (Å²) in [5.74, 6) is 0. The zero-order valence-corrected chi connectivity index (χ0v) is 3.08. The molecule has 0 aliphatic rings. The maximum Gasteiger partial charge on any atom is -0.00350 e. The summed E-state index contributed by atoms with van der Waals surface area (Å²) in [6, 6.07) is 0. The van der Waals surface area contributed by atoms with Crippen molar-refractivity contribution in [2.75, 3.05) is 0 Å². The van der Waals surface area contributed by atoms with Gasteiger partial charge in [0.2, 0.25) is 0 Å². The molecule has 0 fully saturated rings. The van der Waals surface area contributed by atoms with Gasteiger partial charge in [-0.2, -0.15) is 0 Å². The van der Waals surface area contributed by atoms with Crippen molar-refractivity contribution in [2.45, 2.75) is 0 Å². The van der Waals surface area contributed by atoms with Crippen molar-refractivity contribution in [3.8, 4) is 5.40 Å². The van der Waals surface area contributed by atoms with Gasteiger partial charge in [0, 0.05) is 0 Å². The maximum absolute atomic E-state index is 9.23. The number of rotatable bonds is 0. The molecule has 0 unspecified atom stereocenters. The van der Waals surface area contributed by atoms with Crippen molar-refractivity contribution in [2.24, 2.45) is 0 Å². The van der Waals surface area contributed by atoms with Gasteiger partial charge in [0.1, 0.15) is 0 Å². The number of hydrogen-bond donors (Lipinski definition) is 1. The molecule has 0 aromatic carbocycles. The van der Waals surface area contributed by atoms with Gasteiger partial charge in [-0.15, -0.1) is 0 Å². The van der Waals surface area contributed by atoms with Gasteiger partial charge < -0.3 is 8.99 Å². The van der Waals surface area contributed by atoms with Crippen molar-refractivity contribution in [3.63, 3.8) is 0 Å². The van der Waals surface area contributed by atoms with E-state index in [9.17, 15) is 4.21 Å². The second kappa shape index (κ2) is 1.73. The van der Waals surface area contributed by atoms with Crippen LogP contribution < -0.4 is 0 Å². The van der Waals surface area contributed by atoms with Crippen LogP contribution in [0.4, 0.5) is 0 Å². The van der Waals surface area contributed by atoms with Crippen molar-refractivity contribution >= 4 is 10.6 Å². The van der Waals surface area contributed by atoms with Crippen LogP contribution >= 0.6 is 0 Å². The fourth-order valence-electron chi connectivity index (χ4n) is 0. The first kappa shape index (κ1) is 4.44. The Labute approximate surface area is 31.2 Å². The minimum Gasteiger partial charge on any atom is -0.431 e. The van der Waals surface area contributed by atoms with Gasteiger partial charge in [-0.05, 0) is 5.40 Å². The Bertz CT molecular complexity index is 110. The van der Waals surface area contributed by atoms with E-state index in [1.807, 2.05) is 0 Å². The summed E-state index contributed by atoms with van der Waals surface area (Å²) < 4.78 is 15.2. The van der Waals surface area contributed by atoms with E-state index >= 15 is 0 Å². The largest absolute Gasteiger partial charge is 0.431 e. The normalized spacial score (nSPS) is 7.20. The first-order valence-corrected chi connectivity index (χ1v) is 1.95. The standard InChI is InChI=1S/CHN2OS/c2-1-5(3)4/h3H/q-1. The van der Waals surface area contributed by atoms with Crippen LogP contribution in [0.1, 0.15) is 0 Å². The van der Waals surface area contributed by atoms with E-state index in [-0.39, 0.29) is 0 Å². The van der Waals surface area contributed by atoms with Crippen molar-refractivity contribution in [1.82, 2.24) is 0 Å². The van der Waals surface area contributed by atoms with Gasteiger partial charge >= 0.3 is 0 Å². The molecule has 4 heteroatoms. The molecular formula is CHN2OS-. The Balaban J connectivity index is 3.88. The lowest BCUT2D eigenvalue weighted by atomic mass is 11.8. The maximum atomic E-state index is 9.23. The fraction of sp³-hybridized carbons (Fsp3) is 0. The first-order valence-electron chi connectivity index (χ1n) is 0.799. The zero-order valence-electron chi connectivity index (χ0n) is 2.26. The predicted octanol–water partition coefficient (Wildman–Crippen LogP) is 0.194. The summed E-state index contributed by atoms with van der Waals surface area (Å²) >= 11 is 0. The van der Waals surface area contributed by atoms with Crippen molar-refractivity contribution in [3.05, 3.63) is 0 Å². The molecule has 0 atom stereocenters. The molecule has 0 bridgehead atoms. The van der Waals surface area contributed by atoms with E-state index < -0.39 is 10.6 Å². The summed E-state index contributed by atoms with van der Waals surface area (Å²) in [5, 5.41) is 8.57. The first-order chi connectivity index (χ1) is 2.27. The number of nitriles is 1. The Hall–Kier alpha value is -0.560. The van der Waals surface area contributed by atoms with E-state index in [0.29, 0.717) is 0 Å². The molecule has 0 aliphatic heterocycles.